The number of ether oxygens (including phenoxy) is 1. The molecule has 0 aromatic rings. The van der Waals surface area contributed by atoms with Gasteiger partial charge < -0.3 is 15.4 Å². The average Bonchev–Trinajstić information content (AvgIpc) is 2.55. The minimum Gasteiger partial charge on any atom is -0.383 e. The fourth-order valence-electron chi connectivity index (χ4n) is 2.69. The number of carbonyl (C=O) groups excluding carboxylic acids is 3. The Morgan fingerprint density at radius 2 is 1.68 bits per heavy atom. The van der Waals surface area contributed by atoms with E-state index in [0.29, 0.717) is 12.3 Å². The van der Waals surface area contributed by atoms with Gasteiger partial charge in [-0.25, -0.2) is 5.43 Å². The second kappa shape index (κ2) is 12.4. The zero-order valence-electron chi connectivity index (χ0n) is 15.2. The SMILES string of the molecule is COCCNC(=O)C(=O)N/N=C(\C)CC(=O)NC1CCCCCCC1. The predicted molar refractivity (Wildman–Crippen MR) is 95.0 cm³/mol. The maximum atomic E-state index is 12.1. The van der Waals surface area contributed by atoms with Gasteiger partial charge in [0.25, 0.3) is 0 Å². The molecule has 0 bridgehead atoms. The topological polar surface area (TPSA) is 109 Å². The van der Waals surface area contributed by atoms with Gasteiger partial charge in [-0.2, -0.15) is 5.10 Å². The summed E-state index contributed by atoms with van der Waals surface area (Å²) in [7, 11) is 1.50. The van der Waals surface area contributed by atoms with E-state index in [1.54, 1.807) is 6.92 Å². The zero-order valence-corrected chi connectivity index (χ0v) is 15.2. The smallest absolute Gasteiger partial charge is 0.329 e. The molecule has 0 spiro atoms. The van der Waals surface area contributed by atoms with Crippen LogP contribution < -0.4 is 16.1 Å². The normalized spacial score (nSPS) is 16.5. The highest BCUT2D eigenvalue weighted by Gasteiger charge is 2.15. The Morgan fingerprint density at radius 1 is 1.04 bits per heavy atom. The van der Waals surface area contributed by atoms with Gasteiger partial charge in [-0.15, -0.1) is 0 Å². The molecule has 25 heavy (non-hydrogen) atoms. The van der Waals surface area contributed by atoms with Crippen molar-refractivity contribution in [1.82, 2.24) is 16.1 Å². The molecule has 3 N–H and O–H groups in total. The molecule has 0 aromatic heterocycles. The van der Waals surface area contributed by atoms with Crippen molar-refractivity contribution in [3.8, 4) is 0 Å². The molecule has 0 aliphatic heterocycles. The van der Waals surface area contributed by atoms with Crippen LogP contribution in [0, 0.1) is 0 Å². The van der Waals surface area contributed by atoms with E-state index in [9.17, 15) is 14.4 Å². The number of hydrogen-bond acceptors (Lipinski definition) is 5. The van der Waals surface area contributed by atoms with Gasteiger partial charge in [-0.1, -0.05) is 32.1 Å². The summed E-state index contributed by atoms with van der Waals surface area (Å²) in [5, 5.41) is 9.23. The third-order valence-electron chi connectivity index (χ3n) is 4.03. The van der Waals surface area contributed by atoms with Crippen molar-refractivity contribution >= 4 is 23.4 Å². The summed E-state index contributed by atoms with van der Waals surface area (Å²) in [6, 6.07) is 0.224. The molecule has 1 saturated carbocycles. The van der Waals surface area contributed by atoms with Crippen LogP contribution in [0.1, 0.15) is 58.3 Å². The summed E-state index contributed by atoms with van der Waals surface area (Å²) >= 11 is 0. The number of hydrogen-bond donors (Lipinski definition) is 3. The monoisotopic (exact) mass is 354 g/mol. The molecule has 1 aliphatic rings. The molecule has 0 atom stereocenters. The second-order valence-electron chi connectivity index (χ2n) is 6.32. The van der Waals surface area contributed by atoms with Crippen molar-refractivity contribution in [3.05, 3.63) is 0 Å². The highest BCUT2D eigenvalue weighted by atomic mass is 16.5. The van der Waals surface area contributed by atoms with Gasteiger partial charge in [0.05, 0.1) is 13.0 Å². The highest BCUT2D eigenvalue weighted by molar-refractivity contribution is 6.35. The summed E-state index contributed by atoms with van der Waals surface area (Å²) in [5.41, 5.74) is 2.60. The summed E-state index contributed by atoms with van der Waals surface area (Å²) in [4.78, 5) is 35.1. The van der Waals surface area contributed by atoms with E-state index in [1.807, 2.05) is 0 Å². The molecule has 0 unspecified atom stereocenters. The molecule has 1 aliphatic carbocycles. The van der Waals surface area contributed by atoms with Crippen LogP contribution in [0.2, 0.25) is 0 Å². The molecule has 142 valence electrons. The third-order valence-corrected chi connectivity index (χ3v) is 4.03. The molecule has 0 saturated heterocycles. The Hall–Kier alpha value is -1.96. The highest BCUT2D eigenvalue weighted by Crippen LogP contribution is 2.17. The van der Waals surface area contributed by atoms with E-state index in [0.717, 1.165) is 25.7 Å². The van der Waals surface area contributed by atoms with Gasteiger partial charge in [0.15, 0.2) is 0 Å². The van der Waals surface area contributed by atoms with Gasteiger partial charge in [-0.05, 0) is 19.8 Å². The van der Waals surface area contributed by atoms with Crippen molar-refractivity contribution in [2.45, 2.75) is 64.3 Å². The average molecular weight is 354 g/mol. The number of rotatable bonds is 7. The number of carbonyl (C=O) groups is 3. The quantitative estimate of drug-likeness (QED) is 0.273. The lowest BCUT2D eigenvalue weighted by Crippen LogP contribution is -2.40. The van der Waals surface area contributed by atoms with Gasteiger partial charge in [0.1, 0.15) is 0 Å². The molecule has 1 rings (SSSR count). The third kappa shape index (κ3) is 9.81. The molecule has 8 nitrogen and oxygen atoms in total. The first-order valence-corrected chi connectivity index (χ1v) is 8.92. The lowest BCUT2D eigenvalue weighted by molar-refractivity contribution is -0.139. The lowest BCUT2D eigenvalue weighted by Gasteiger charge is -2.21. The van der Waals surface area contributed by atoms with Gasteiger partial charge in [0, 0.05) is 25.4 Å². The predicted octanol–water partition coefficient (Wildman–Crippen LogP) is 0.860. The van der Waals surface area contributed by atoms with Gasteiger partial charge in [0.2, 0.25) is 5.91 Å². The Bertz CT molecular complexity index is 471. The van der Waals surface area contributed by atoms with Crippen LogP contribution >= 0.6 is 0 Å². The van der Waals surface area contributed by atoms with Gasteiger partial charge >= 0.3 is 11.8 Å². The van der Waals surface area contributed by atoms with Crippen LogP contribution in [0.5, 0.6) is 0 Å². The van der Waals surface area contributed by atoms with Crippen molar-refractivity contribution in [3.63, 3.8) is 0 Å². The fraction of sp³-hybridized carbons (Fsp3) is 0.765. The van der Waals surface area contributed by atoms with Crippen LogP contribution in [0.25, 0.3) is 0 Å². The Labute approximate surface area is 149 Å². The van der Waals surface area contributed by atoms with E-state index < -0.39 is 11.8 Å². The summed E-state index contributed by atoms with van der Waals surface area (Å²) in [5.74, 6) is -1.76. The maximum Gasteiger partial charge on any atom is 0.329 e. The van der Waals surface area contributed by atoms with E-state index in [2.05, 4.69) is 21.2 Å². The zero-order chi connectivity index (χ0) is 18.5. The van der Waals surface area contributed by atoms with Crippen molar-refractivity contribution in [2.24, 2.45) is 5.10 Å². The first kappa shape index (κ1) is 21.1. The van der Waals surface area contributed by atoms with Crippen LogP contribution in [-0.2, 0) is 19.1 Å². The molecule has 0 aromatic carbocycles. The molecule has 3 amide bonds. The van der Waals surface area contributed by atoms with E-state index in [1.165, 1.54) is 26.4 Å². The molecule has 0 radical (unpaired) electrons. The van der Waals surface area contributed by atoms with Crippen LogP contribution in [0.3, 0.4) is 0 Å². The van der Waals surface area contributed by atoms with Crippen molar-refractivity contribution < 1.29 is 19.1 Å². The number of nitrogens with zero attached hydrogens (tertiary/aromatic N) is 1. The number of amides is 3. The van der Waals surface area contributed by atoms with E-state index in [-0.39, 0.29) is 24.9 Å². The van der Waals surface area contributed by atoms with Crippen LogP contribution in [-0.4, -0.2) is 49.7 Å². The van der Waals surface area contributed by atoms with Gasteiger partial charge in [-0.3, -0.25) is 14.4 Å². The lowest BCUT2D eigenvalue weighted by atomic mass is 9.96. The minimum atomic E-state index is -0.865. The van der Waals surface area contributed by atoms with Crippen LogP contribution in [0.15, 0.2) is 5.10 Å². The summed E-state index contributed by atoms with van der Waals surface area (Å²) < 4.78 is 4.77. The van der Waals surface area contributed by atoms with E-state index in [4.69, 9.17) is 4.74 Å². The van der Waals surface area contributed by atoms with Crippen molar-refractivity contribution in [1.29, 1.82) is 0 Å². The molecular formula is C17H30N4O4. The standard InChI is InChI=1S/C17H30N4O4/c1-13(20-21-17(24)16(23)18-10-11-25-2)12-15(22)19-14-8-6-4-3-5-7-9-14/h14H,3-12H2,1-2H3,(H,18,23)(H,19,22)(H,21,24)/b20-13+. The van der Waals surface area contributed by atoms with E-state index >= 15 is 0 Å². The summed E-state index contributed by atoms with van der Waals surface area (Å²) in [6.07, 6.45) is 8.16. The number of hydrazone groups is 1. The first-order valence-electron chi connectivity index (χ1n) is 8.92. The maximum absolute atomic E-state index is 12.1. The Balaban J connectivity index is 2.31. The summed E-state index contributed by atoms with van der Waals surface area (Å²) in [6.45, 7) is 2.21. The second-order valence-corrected chi connectivity index (χ2v) is 6.32. The Morgan fingerprint density at radius 3 is 2.32 bits per heavy atom. The first-order chi connectivity index (χ1) is 12.0. The fourth-order valence-corrected chi connectivity index (χ4v) is 2.69. The van der Waals surface area contributed by atoms with Crippen LogP contribution in [0.4, 0.5) is 0 Å². The molecule has 1 fully saturated rings. The minimum absolute atomic E-state index is 0.0993. The number of methoxy groups -OCH3 is 1. The Kier molecular flexibility index (Phi) is 10.5. The molecule has 0 heterocycles. The molecule has 8 heteroatoms. The number of nitrogens with one attached hydrogen (secondary N) is 3. The largest absolute Gasteiger partial charge is 0.383 e. The molecular weight excluding hydrogens is 324 g/mol. The van der Waals surface area contributed by atoms with Crippen molar-refractivity contribution in [2.75, 3.05) is 20.3 Å².